The van der Waals surface area contributed by atoms with Gasteiger partial charge in [0.2, 0.25) is 0 Å². The molecule has 1 aliphatic carbocycles. The Morgan fingerprint density at radius 1 is 1.46 bits per heavy atom. The molecule has 0 aliphatic heterocycles. The summed E-state index contributed by atoms with van der Waals surface area (Å²) in [7, 11) is -4.12. The normalized spacial score (nSPS) is 16.3. The highest BCUT2D eigenvalue weighted by molar-refractivity contribution is 7.95. The van der Waals surface area contributed by atoms with Gasteiger partial charge >= 0.3 is 0 Å². The van der Waals surface area contributed by atoms with Crippen LogP contribution in [0.1, 0.15) is 6.42 Å². The Labute approximate surface area is 74.5 Å². The Kier molecular flexibility index (Phi) is 2.55. The Bertz CT molecular complexity index is 437. The number of carbonyl (C=O) groups excluding carboxylic acids is 2. The third kappa shape index (κ3) is 1.99. The molecule has 0 fully saturated rings. The third-order valence-electron chi connectivity index (χ3n) is 1.40. The third-order valence-corrected chi connectivity index (χ3v) is 2.63. The van der Waals surface area contributed by atoms with E-state index in [0.29, 0.717) is 0 Å². The maximum atomic E-state index is 11.0. The van der Waals surface area contributed by atoms with E-state index in [-0.39, 0.29) is 6.42 Å². The molecule has 0 atom stereocenters. The summed E-state index contributed by atoms with van der Waals surface area (Å²) in [6.45, 7) is 0. The summed E-state index contributed by atoms with van der Waals surface area (Å²) in [6.07, 6.45) is 4.97. The molecule has 0 radical (unpaired) electrons. The molecular formula is C7H5NO4S. The fourth-order valence-corrected chi connectivity index (χ4v) is 1.67. The van der Waals surface area contributed by atoms with Crippen LogP contribution in [-0.4, -0.2) is 20.3 Å². The molecule has 0 aromatic rings. The van der Waals surface area contributed by atoms with Crippen molar-refractivity contribution in [1.82, 2.24) is 0 Å². The van der Waals surface area contributed by atoms with Crippen LogP contribution in [-0.2, 0) is 19.6 Å². The van der Waals surface area contributed by atoms with Crippen molar-refractivity contribution in [3.8, 4) is 0 Å². The molecule has 0 aromatic heterocycles. The second-order valence-electron chi connectivity index (χ2n) is 2.24. The first kappa shape index (κ1) is 9.57. The minimum Gasteiger partial charge on any atom is -0.293 e. The number of isocyanates is 1. The highest BCUT2D eigenvalue weighted by atomic mass is 32.2. The van der Waals surface area contributed by atoms with Crippen molar-refractivity contribution in [2.75, 3.05) is 0 Å². The van der Waals surface area contributed by atoms with Crippen molar-refractivity contribution in [3.63, 3.8) is 0 Å². The molecule has 13 heavy (non-hydrogen) atoms. The first-order valence-corrected chi connectivity index (χ1v) is 4.76. The maximum Gasteiger partial charge on any atom is 0.296 e. The topological polar surface area (TPSA) is 80.6 Å². The minimum atomic E-state index is -4.12. The molecule has 0 unspecified atom stereocenters. The summed E-state index contributed by atoms with van der Waals surface area (Å²) in [4.78, 5) is 20.3. The van der Waals surface area contributed by atoms with Crippen molar-refractivity contribution in [3.05, 3.63) is 23.1 Å². The van der Waals surface area contributed by atoms with E-state index >= 15 is 0 Å². The summed E-state index contributed by atoms with van der Waals surface area (Å²) < 4.78 is 24.7. The second kappa shape index (κ2) is 3.47. The number of ketones is 1. The van der Waals surface area contributed by atoms with E-state index < -0.39 is 20.7 Å². The molecule has 0 aromatic carbocycles. The molecule has 0 N–H and O–H groups in total. The fourth-order valence-electron chi connectivity index (χ4n) is 0.852. The van der Waals surface area contributed by atoms with Gasteiger partial charge in [0.15, 0.2) is 5.78 Å². The Morgan fingerprint density at radius 3 is 2.69 bits per heavy atom. The smallest absolute Gasteiger partial charge is 0.293 e. The van der Waals surface area contributed by atoms with E-state index in [1.54, 1.807) is 0 Å². The number of sulfonamides is 1. The van der Waals surface area contributed by atoms with E-state index in [9.17, 15) is 18.0 Å². The van der Waals surface area contributed by atoms with Gasteiger partial charge in [-0.2, -0.15) is 8.42 Å². The van der Waals surface area contributed by atoms with Crippen molar-refractivity contribution in [2.45, 2.75) is 6.42 Å². The van der Waals surface area contributed by atoms with Crippen LogP contribution in [0.2, 0.25) is 0 Å². The van der Waals surface area contributed by atoms with E-state index in [0.717, 1.165) is 12.2 Å². The minimum absolute atomic E-state index is 0.0133. The van der Waals surface area contributed by atoms with E-state index in [4.69, 9.17) is 0 Å². The van der Waals surface area contributed by atoms with Gasteiger partial charge in [-0.1, -0.05) is 16.5 Å². The molecule has 1 aliphatic rings. The summed E-state index contributed by atoms with van der Waals surface area (Å²) in [5.74, 6) is -0.568. The number of carbonyl (C=O) groups is 1. The molecule has 0 bridgehead atoms. The molecular weight excluding hydrogens is 194 g/mol. The number of nitrogens with zero attached hydrogens (tertiary/aromatic N) is 1. The van der Waals surface area contributed by atoms with Crippen LogP contribution in [0.5, 0.6) is 0 Å². The zero-order valence-corrected chi connectivity index (χ0v) is 7.24. The SMILES string of the molecule is O=C=NS(=O)(=O)C1=CC=CCC1=O. The molecule has 6 heteroatoms. The van der Waals surface area contributed by atoms with Crippen LogP contribution in [0.4, 0.5) is 0 Å². The largest absolute Gasteiger partial charge is 0.296 e. The molecule has 0 spiro atoms. The number of hydrogen-bond acceptors (Lipinski definition) is 4. The highest BCUT2D eigenvalue weighted by Crippen LogP contribution is 2.15. The summed E-state index contributed by atoms with van der Waals surface area (Å²) in [5.41, 5.74) is 0. The predicted molar refractivity (Wildman–Crippen MR) is 43.9 cm³/mol. The number of rotatable bonds is 2. The van der Waals surface area contributed by atoms with Gasteiger partial charge in [0.05, 0.1) is 0 Å². The first-order chi connectivity index (χ1) is 6.08. The molecule has 0 amide bonds. The van der Waals surface area contributed by atoms with Crippen LogP contribution in [0.3, 0.4) is 0 Å². The van der Waals surface area contributed by atoms with Crippen LogP contribution in [0.15, 0.2) is 27.5 Å². The highest BCUT2D eigenvalue weighted by Gasteiger charge is 2.24. The monoisotopic (exact) mass is 199 g/mol. The standard InChI is InChI=1S/C7H5NO4S/c9-5-8-13(11,12)7-4-2-1-3-6(7)10/h1-2,4H,3H2. The zero-order valence-electron chi connectivity index (χ0n) is 6.43. The van der Waals surface area contributed by atoms with Crippen LogP contribution < -0.4 is 0 Å². The van der Waals surface area contributed by atoms with Crippen LogP contribution >= 0.6 is 0 Å². The van der Waals surface area contributed by atoms with Crippen molar-refractivity contribution >= 4 is 21.9 Å². The Hall–Kier alpha value is -1.52. The van der Waals surface area contributed by atoms with E-state index in [1.165, 1.54) is 12.2 Å². The van der Waals surface area contributed by atoms with Crippen molar-refractivity contribution < 1.29 is 18.0 Å². The summed E-state index contributed by atoms with van der Waals surface area (Å²) in [5, 5.41) is 0. The zero-order chi connectivity index (χ0) is 9.90. The summed E-state index contributed by atoms with van der Waals surface area (Å²) in [6, 6.07) is 0. The second-order valence-corrected chi connectivity index (χ2v) is 3.82. The average Bonchev–Trinajstić information content (AvgIpc) is 2.04. The molecule has 68 valence electrons. The Morgan fingerprint density at radius 2 is 2.15 bits per heavy atom. The van der Waals surface area contributed by atoms with E-state index in [1.807, 2.05) is 0 Å². The first-order valence-electron chi connectivity index (χ1n) is 3.32. The van der Waals surface area contributed by atoms with Crippen LogP contribution in [0.25, 0.3) is 0 Å². The van der Waals surface area contributed by atoms with Crippen molar-refractivity contribution in [2.24, 2.45) is 4.40 Å². The Balaban J connectivity index is 3.22. The average molecular weight is 199 g/mol. The number of allylic oxidation sites excluding steroid dienone is 4. The lowest BCUT2D eigenvalue weighted by Gasteiger charge is -2.02. The van der Waals surface area contributed by atoms with Crippen molar-refractivity contribution in [1.29, 1.82) is 0 Å². The van der Waals surface area contributed by atoms with Crippen LogP contribution in [0, 0.1) is 0 Å². The number of hydrogen-bond donors (Lipinski definition) is 0. The molecule has 0 saturated heterocycles. The van der Waals surface area contributed by atoms with Gasteiger partial charge in [-0.05, 0) is 6.08 Å². The molecule has 0 saturated carbocycles. The summed E-state index contributed by atoms with van der Waals surface area (Å²) >= 11 is 0. The van der Waals surface area contributed by atoms with Gasteiger partial charge in [-0.25, -0.2) is 4.79 Å². The van der Waals surface area contributed by atoms with Gasteiger partial charge < -0.3 is 0 Å². The van der Waals surface area contributed by atoms with Gasteiger partial charge in [0, 0.05) is 6.42 Å². The van der Waals surface area contributed by atoms with E-state index in [2.05, 4.69) is 4.40 Å². The van der Waals surface area contributed by atoms with Gasteiger partial charge in [-0.3, -0.25) is 4.79 Å². The lowest BCUT2D eigenvalue weighted by atomic mass is 10.2. The molecule has 0 heterocycles. The molecule has 1 rings (SSSR count). The van der Waals surface area contributed by atoms with Gasteiger partial charge in [0.1, 0.15) is 4.91 Å². The predicted octanol–water partition coefficient (Wildman–Crippen LogP) is 0.0649. The molecule has 5 nitrogen and oxygen atoms in total. The lowest BCUT2D eigenvalue weighted by molar-refractivity contribution is -0.114. The maximum absolute atomic E-state index is 11.0. The van der Waals surface area contributed by atoms with Gasteiger partial charge in [0.25, 0.3) is 16.1 Å². The number of Topliss-reactive ketones (excluding diaryl/α,β-unsaturated/α-hetero) is 1. The fraction of sp³-hybridized carbons (Fsp3) is 0.143. The quantitative estimate of drug-likeness (QED) is 0.465. The lowest BCUT2D eigenvalue weighted by Crippen LogP contribution is -2.12. The van der Waals surface area contributed by atoms with Gasteiger partial charge in [-0.15, -0.1) is 0 Å².